The summed E-state index contributed by atoms with van der Waals surface area (Å²) in [7, 11) is 0. The lowest BCUT2D eigenvalue weighted by Crippen LogP contribution is -2.28. The predicted octanol–water partition coefficient (Wildman–Crippen LogP) is 4.73. The molecule has 1 amide bonds. The van der Waals surface area contributed by atoms with E-state index in [4.69, 9.17) is 4.98 Å². The summed E-state index contributed by atoms with van der Waals surface area (Å²) >= 11 is 1.85. The molecule has 0 fully saturated rings. The number of thioether (sulfide) groups is 1. The molecule has 3 heterocycles. The molecule has 3 aromatic carbocycles. The number of aromatic nitrogens is 4. The molecule has 0 saturated carbocycles. The second-order valence-electron chi connectivity index (χ2n) is 7.69. The van der Waals surface area contributed by atoms with Crippen molar-refractivity contribution in [1.82, 2.24) is 25.5 Å². The molecule has 7 heteroatoms. The number of amides is 1. The fourth-order valence-corrected chi connectivity index (χ4v) is 5.37. The minimum Gasteiger partial charge on any atom is -0.351 e. The van der Waals surface area contributed by atoms with Gasteiger partial charge in [-0.05, 0) is 35.9 Å². The predicted molar refractivity (Wildman–Crippen MR) is 123 cm³/mol. The van der Waals surface area contributed by atoms with Gasteiger partial charge in [0.25, 0.3) is 5.91 Å². The number of benzene rings is 3. The van der Waals surface area contributed by atoms with E-state index < -0.39 is 0 Å². The Kier molecular flexibility index (Phi) is 4.28. The molecule has 2 aromatic heterocycles. The Labute approximate surface area is 182 Å². The van der Waals surface area contributed by atoms with E-state index >= 15 is 0 Å². The summed E-state index contributed by atoms with van der Waals surface area (Å²) in [5, 5.41) is 11.6. The number of carbonyl (C=O) groups excluding carboxylic acids is 1. The van der Waals surface area contributed by atoms with E-state index in [1.165, 1.54) is 10.5 Å². The van der Waals surface area contributed by atoms with Crippen LogP contribution in [0.1, 0.15) is 21.8 Å². The first-order valence-electron chi connectivity index (χ1n) is 10.2. The van der Waals surface area contributed by atoms with Crippen LogP contribution in [0, 0.1) is 0 Å². The lowest BCUT2D eigenvalue weighted by Gasteiger charge is -2.12. The molecule has 0 bridgehead atoms. The SMILES string of the molecule is O=C(NCC1CSc2ccccc21)c1ccc2[nH]c(-c3n[nH]c4ccccc34)nc2c1. The average Bonchev–Trinajstić information content (AvgIpc) is 3.52. The average molecular weight is 426 g/mol. The number of aromatic amines is 2. The van der Waals surface area contributed by atoms with Crippen LogP contribution in [0.5, 0.6) is 0 Å². The molecule has 6 nitrogen and oxygen atoms in total. The molecule has 0 radical (unpaired) electrons. The lowest BCUT2D eigenvalue weighted by atomic mass is 10.0. The Hall–Kier alpha value is -3.58. The van der Waals surface area contributed by atoms with Crippen LogP contribution >= 0.6 is 11.8 Å². The summed E-state index contributed by atoms with van der Waals surface area (Å²) in [6.45, 7) is 0.631. The van der Waals surface area contributed by atoms with E-state index in [-0.39, 0.29) is 5.91 Å². The van der Waals surface area contributed by atoms with E-state index in [1.54, 1.807) is 0 Å². The van der Waals surface area contributed by atoms with Crippen LogP contribution < -0.4 is 5.32 Å². The third-order valence-corrected chi connectivity index (χ3v) is 7.00. The largest absolute Gasteiger partial charge is 0.351 e. The zero-order chi connectivity index (χ0) is 20.8. The number of carbonyl (C=O) groups is 1. The molecular formula is C24H19N5OS. The van der Waals surface area contributed by atoms with Gasteiger partial charge in [-0.2, -0.15) is 5.10 Å². The maximum atomic E-state index is 12.8. The van der Waals surface area contributed by atoms with Gasteiger partial charge < -0.3 is 10.3 Å². The van der Waals surface area contributed by atoms with Gasteiger partial charge in [-0.3, -0.25) is 9.89 Å². The Morgan fingerprint density at radius 3 is 2.90 bits per heavy atom. The third-order valence-electron chi connectivity index (χ3n) is 5.75. The van der Waals surface area contributed by atoms with Crippen LogP contribution in [0.2, 0.25) is 0 Å². The van der Waals surface area contributed by atoms with Gasteiger partial charge in [0.2, 0.25) is 0 Å². The van der Waals surface area contributed by atoms with Gasteiger partial charge >= 0.3 is 0 Å². The maximum absolute atomic E-state index is 12.8. The molecule has 1 unspecified atom stereocenters. The molecule has 152 valence electrons. The van der Waals surface area contributed by atoms with E-state index in [0.29, 0.717) is 23.9 Å². The summed E-state index contributed by atoms with van der Waals surface area (Å²) in [6.07, 6.45) is 0. The van der Waals surface area contributed by atoms with Crippen molar-refractivity contribution in [3.05, 3.63) is 77.9 Å². The van der Waals surface area contributed by atoms with E-state index in [0.717, 1.165) is 33.4 Å². The molecule has 3 N–H and O–H groups in total. The summed E-state index contributed by atoms with van der Waals surface area (Å²) < 4.78 is 0. The number of hydrogen-bond donors (Lipinski definition) is 3. The number of para-hydroxylation sites is 1. The Morgan fingerprint density at radius 1 is 1.06 bits per heavy atom. The normalized spacial score (nSPS) is 15.4. The minimum absolute atomic E-state index is 0.0777. The second-order valence-corrected chi connectivity index (χ2v) is 8.75. The molecule has 1 atom stereocenters. The summed E-state index contributed by atoms with van der Waals surface area (Å²) in [4.78, 5) is 22.1. The fourth-order valence-electron chi connectivity index (χ4n) is 4.12. The van der Waals surface area contributed by atoms with Crippen molar-refractivity contribution in [2.45, 2.75) is 10.8 Å². The van der Waals surface area contributed by atoms with Crippen LogP contribution in [0.15, 0.2) is 71.6 Å². The minimum atomic E-state index is -0.0777. The van der Waals surface area contributed by atoms with Crippen molar-refractivity contribution in [2.24, 2.45) is 0 Å². The molecule has 1 aliphatic rings. The first-order chi connectivity index (χ1) is 15.3. The number of rotatable bonds is 4. The second kappa shape index (κ2) is 7.28. The van der Waals surface area contributed by atoms with Gasteiger partial charge in [0.15, 0.2) is 5.82 Å². The summed E-state index contributed by atoms with van der Waals surface area (Å²) in [5.41, 5.74) is 5.29. The lowest BCUT2D eigenvalue weighted by molar-refractivity contribution is 0.0952. The number of nitrogens with one attached hydrogen (secondary N) is 3. The van der Waals surface area contributed by atoms with Crippen molar-refractivity contribution in [3.8, 4) is 11.5 Å². The van der Waals surface area contributed by atoms with Crippen molar-refractivity contribution in [3.63, 3.8) is 0 Å². The molecule has 31 heavy (non-hydrogen) atoms. The standard InChI is InChI=1S/C24H19N5OS/c30-24(25-12-15-13-31-21-8-4-2-5-16(15)21)14-9-10-19-20(11-14)27-23(26-19)22-17-6-1-3-7-18(17)28-29-22/h1-11,15H,12-13H2,(H,25,30)(H,26,27)(H,28,29). The van der Waals surface area contributed by atoms with Gasteiger partial charge in [-0.25, -0.2) is 4.98 Å². The van der Waals surface area contributed by atoms with Gasteiger partial charge in [-0.15, -0.1) is 11.8 Å². The van der Waals surface area contributed by atoms with E-state index in [2.05, 4.69) is 44.8 Å². The molecular weight excluding hydrogens is 406 g/mol. The smallest absolute Gasteiger partial charge is 0.251 e. The first kappa shape index (κ1) is 18.2. The number of fused-ring (bicyclic) bond motifs is 3. The molecule has 5 aromatic rings. The van der Waals surface area contributed by atoms with Crippen molar-refractivity contribution < 1.29 is 4.79 Å². The van der Waals surface area contributed by atoms with Gasteiger partial charge in [0, 0.05) is 34.1 Å². The highest BCUT2D eigenvalue weighted by atomic mass is 32.2. The number of nitrogens with zero attached hydrogens (tertiary/aromatic N) is 2. The highest BCUT2D eigenvalue weighted by molar-refractivity contribution is 7.99. The van der Waals surface area contributed by atoms with Crippen LogP contribution in [0.25, 0.3) is 33.5 Å². The topological polar surface area (TPSA) is 86.5 Å². The van der Waals surface area contributed by atoms with E-state index in [9.17, 15) is 4.79 Å². The quantitative estimate of drug-likeness (QED) is 0.389. The number of hydrogen-bond acceptors (Lipinski definition) is 4. The zero-order valence-corrected chi connectivity index (χ0v) is 17.4. The molecule has 1 aliphatic heterocycles. The maximum Gasteiger partial charge on any atom is 0.251 e. The van der Waals surface area contributed by atoms with Crippen LogP contribution in [-0.4, -0.2) is 38.4 Å². The Bertz CT molecular complexity index is 1440. The van der Waals surface area contributed by atoms with Crippen molar-refractivity contribution >= 4 is 39.6 Å². The number of H-pyrrole nitrogens is 2. The fraction of sp³-hybridized carbons (Fsp3) is 0.125. The molecule has 0 spiro atoms. The van der Waals surface area contributed by atoms with Gasteiger partial charge in [0.05, 0.1) is 16.6 Å². The highest BCUT2D eigenvalue weighted by Gasteiger charge is 2.23. The van der Waals surface area contributed by atoms with Gasteiger partial charge in [-0.1, -0.05) is 36.4 Å². The monoisotopic (exact) mass is 425 g/mol. The van der Waals surface area contributed by atoms with Crippen LogP contribution in [-0.2, 0) is 0 Å². The summed E-state index contributed by atoms with van der Waals surface area (Å²) in [6, 6.07) is 21.9. The Balaban J connectivity index is 1.23. The van der Waals surface area contributed by atoms with Crippen LogP contribution in [0.3, 0.4) is 0 Å². The van der Waals surface area contributed by atoms with Crippen molar-refractivity contribution in [1.29, 1.82) is 0 Å². The first-order valence-corrected chi connectivity index (χ1v) is 11.2. The zero-order valence-electron chi connectivity index (χ0n) is 16.6. The highest BCUT2D eigenvalue weighted by Crippen LogP contribution is 2.38. The molecule has 6 rings (SSSR count). The van der Waals surface area contributed by atoms with Gasteiger partial charge in [0.1, 0.15) is 5.69 Å². The summed E-state index contributed by atoms with van der Waals surface area (Å²) in [5.74, 6) is 1.95. The Morgan fingerprint density at radius 2 is 1.94 bits per heavy atom. The molecule has 0 saturated heterocycles. The van der Waals surface area contributed by atoms with Crippen LogP contribution in [0.4, 0.5) is 0 Å². The van der Waals surface area contributed by atoms with Crippen molar-refractivity contribution in [2.75, 3.05) is 12.3 Å². The molecule has 0 aliphatic carbocycles. The third kappa shape index (κ3) is 3.18. The number of imidazole rings is 1. The van der Waals surface area contributed by atoms with E-state index in [1.807, 2.05) is 54.2 Å².